The van der Waals surface area contributed by atoms with Crippen LogP contribution in [0, 0.1) is 0 Å². The first-order valence-electron chi connectivity index (χ1n) is 5.86. The monoisotopic (exact) mass is 416 g/mol. The molecule has 0 fully saturated rings. The summed E-state index contributed by atoms with van der Waals surface area (Å²) in [7, 11) is 0. The van der Waals surface area contributed by atoms with Gasteiger partial charge in [0.05, 0.1) is 10.9 Å². The molecule has 0 heterocycles. The van der Waals surface area contributed by atoms with Crippen LogP contribution in [0.15, 0.2) is 46.9 Å². The second-order valence-electron chi connectivity index (χ2n) is 4.11. The highest BCUT2D eigenvalue weighted by Crippen LogP contribution is 2.25. The Bertz CT molecular complexity index is 612. The molecule has 0 unspecified atom stereocenters. The van der Waals surface area contributed by atoms with E-state index in [0.29, 0.717) is 22.9 Å². The summed E-state index contributed by atoms with van der Waals surface area (Å²) in [5.41, 5.74) is 1.56. The Kier molecular flexibility index (Phi) is 5.64. The molecule has 20 heavy (non-hydrogen) atoms. The molecule has 0 N–H and O–H groups in total. The van der Waals surface area contributed by atoms with Crippen molar-refractivity contribution in [3.8, 4) is 5.75 Å². The van der Waals surface area contributed by atoms with Crippen molar-refractivity contribution >= 4 is 49.2 Å². The lowest BCUT2D eigenvalue weighted by Crippen LogP contribution is -2.05. The lowest BCUT2D eigenvalue weighted by Gasteiger charge is -2.11. The van der Waals surface area contributed by atoms with E-state index in [-0.39, 0.29) is 11.1 Å². The van der Waals surface area contributed by atoms with E-state index >= 15 is 0 Å². The van der Waals surface area contributed by atoms with Crippen LogP contribution in [0.4, 0.5) is 0 Å². The Balaban J connectivity index is 2.16. The fourth-order valence-electron chi connectivity index (χ4n) is 1.66. The first-order chi connectivity index (χ1) is 9.60. The van der Waals surface area contributed by atoms with Crippen molar-refractivity contribution in [3.63, 3.8) is 0 Å². The molecule has 2 nitrogen and oxygen atoms in total. The number of benzene rings is 2. The van der Waals surface area contributed by atoms with Gasteiger partial charge in [0.25, 0.3) is 0 Å². The first-order valence-corrected chi connectivity index (χ1v) is 8.15. The van der Waals surface area contributed by atoms with Crippen molar-refractivity contribution in [2.45, 2.75) is 6.61 Å². The molecule has 0 aliphatic heterocycles. The van der Waals surface area contributed by atoms with Gasteiger partial charge in [0.2, 0.25) is 0 Å². The van der Waals surface area contributed by atoms with Crippen LogP contribution in [0.1, 0.15) is 15.9 Å². The van der Waals surface area contributed by atoms with Crippen LogP contribution in [0.25, 0.3) is 0 Å². The van der Waals surface area contributed by atoms with Crippen molar-refractivity contribution in [3.05, 3.63) is 63.1 Å². The van der Waals surface area contributed by atoms with Crippen LogP contribution < -0.4 is 4.74 Å². The number of alkyl halides is 1. The van der Waals surface area contributed by atoms with Crippen molar-refractivity contribution in [2.75, 3.05) is 5.33 Å². The molecular weight excluding hydrogens is 407 g/mol. The number of hydrogen-bond acceptors (Lipinski definition) is 2. The molecule has 104 valence electrons. The minimum Gasteiger partial charge on any atom is -0.488 e. The van der Waals surface area contributed by atoms with Gasteiger partial charge in [-0.25, -0.2) is 0 Å². The van der Waals surface area contributed by atoms with Crippen molar-refractivity contribution < 1.29 is 9.53 Å². The van der Waals surface area contributed by atoms with Gasteiger partial charge in [-0.1, -0.05) is 55.6 Å². The van der Waals surface area contributed by atoms with E-state index in [0.717, 1.165) is 10.0 Å². The van der Waals surface area contributed by atoms with E-state index < -0.39 is 0 Å². The smallest absolute Gasteiger partial charge is 0.177 e. The van der Waals surface area contributed by atoms with Gasteiger partial charge in [-0.2, -0.15) is 0 Å². The molecule has 0 aromatic heterocycles. The SMILES string of the molecule is O=C(CBr)c1cc(Br)ccc1OCc1ccc(Cl)cc1. The second kappa shape index (κ2) is 7.25. The minimum atomic E-state index is -0.0163. The van der Waals surface area contributed by atoms with E-state index in [4.69, 9.17) is 16.3 Å². The number of ether oxygens (including phenoxy) is 1. The Hall–Kier alpha value is -0.840. The van der Waals surface area contributed by atoms with E-state index in [1.807, 2.05) is 30.3 Å². The molecule has 0 aliphatic carbocycles. The summed E-state index contributed by atoms with van der Waals surface area (Å²) >= 11 is 12.4. The number of halogens is 3. The summed E-state index contributed by atoms with van der Waals surface area (Å²) in [6.07, 6.45) is 0. The fraction of sp³-hybridized carbons (Fsp3) is 0.133. The predicted molar refractivity (Wildman–Crippen MR) is 88.1 cm³/mol. The number of carbonyl (C=O) groups is 1. The number of Topliss-reactive ketones (excluding diaryl/α,β-unsaturated/α-hetero) is 1. The van der Waals surface area contributed by atoms with Crippen molar-refractivity contribution in [2.24, 2.45) is 0 Å². The molecule has 0 radical (unpaired) electrons. The third kappa shape index (κ3) is 4.08. The Morgan fingerprint density at radius 3 is 2.50 bits per heavy atom. The van der Waals surface area contributed by atoms with Gasteiger partial charge < -0.3 is 4.74 Å². The maximum atomic E-state index is 11.9. The van der Waals surface area contributed by atoms with Gasteiger partial charge in [-0.3, -0.25) is 4.79 Å². The standard InChI is InChI=1S/C15H11Br2ClO2/c16-8-14(19)13-7-11(17)3-6-15(13)20-9-10-1-4-12(18)5-2-10/h1-7H,8-9H2. The highest BCUT2D eigenvalue weighted by Gasteiger charge is 2.12. The molecule has 2 aromatic rings. The average Bonchev–Trinajstić information content (AvgIpc) is 2.46. The van der Waals surface area contributed by atoms with Crippen molar-refractivity contribution in [1.82, 2.24) is 0 Å². The molecule has 2 rings (SSSR count). The van der Waals surface area contributed by atoms with E-state index in [1.54, 1.807) is 12.1 Å². The normalized spacial score (nSPS) is 10.3. The zero-order valence-electron chi connectivity index (χ0n) is 10.4. The van der Waals surface area contributed by atoms with Crippen LogP contribution >= 0.6 is 43.5 Å². The van der Waals surface area contributed by atoms with E-state index in [9.17, 15) is 4.79 Å². The Labute approximate surface area is 139 Å². The summed E-state index contributed by atoms with van der Waals surface area (Å²) in [5.74, 6) is 0.560. The van der Waals surface area contributed by atoms with Crippen LogP contribution in [-0.2, 0) is 6.61 Å². The maximum Gasteiger partial charge on any atom is 0.177 e. The molecule has 5 heteroatoms. The molecular formula is C15H11Br2ClO2. The molecule has 0 saturated heterocycles. The molecule has 0 spiro atoms. The summed E-state index contributed by atoms with van der Waals surface area (Å²) in [4.78, 5) is 11.9. The topological polar surface area (TPSA) is 26.3 Å². The van der Waals surface area contributed by atoms with Gasteiger partial charge in [-0.15, -0.1) is 0 Å². The molecule has 0 saturated carbocycles. The first kappa shape index (κ1) is 15.5. The van der Waals surface area contributed by atoms with Crippen LogP contribution in [0.3, 0.4) is 0 Å². The summed E-state index contributed by atoms with van der Waals surface area (Å²) in [5, 5.41) is 0.952. The average molecular weight is 419 g/mol. The highest BCUT2D eigenvalue weighted by atomic mass is 79.9. The summed E-state index contributed by atoms with van der Waals surface area (Å²) in [6.45, 7) is 0.390. The molecule has 2 aromatic carbocycles. The molecule has 0 bridgehead atoms. The third-order valence-corrected chi connectivity index (χ3v) is 3.93. The lowest BCUT2D eigenvalue weighted by atomic mass is 10.1. The molecule has 0 aliphatic rings. The number of carbonyl (C=O) groups excluding carboxylic acids is 1. The quantitative estimate of drug-likeness (QED) is 0.489. The van der Waals surface area contributed by atoms with Crippen molar-refractivity contribution in [1.29, 1.82) is 0 Å². The highest BCUT2D eigenvalue weighted by molar-refractivity contribution is 9.10. The predicted octanol–water partition coefficient (Wildman–Crippen LogP) is 5.26. The zero-order chi connectivity index (χ0) is 14.5. The Morgan fingerprint density at radius 2 is 1.85 bits per heavy atom. The van der Waals surface area contributed by atoms with Crippen LogP contribution in [-0.4, -0.2) is 11.1 Å². The zero-order valence-corrected chi connectivity index (χ0v) is 14.3. The number of ketones is 1. The fourth-order valence-corrected chi connectivity index (χ4v) is 2.45. The minimum absolute atomic E-state index is 0.0163. The van der Waals surface area contributed by atoms with Gasteiger partial charge >= 0.3 is 0 Å². The van der Waals surface area contributed by atoms with E-state index in [2.05, 4.69) is 31.9 Å². The second-order valence-corrected chi connectivity index (χ2v) is 6.03. The molecule has 0 atom stereocenters. The third-order valence-electron chi connectivity index (χ3n) is 2.67. The lowest BCUT2D eigenvalue weighted by molar-refractivity contribution is 0.101. The Morgan fingerprint density at radius 1 is 1.15 bits per heavy atom. The van der Waals surface area contributed by atoms with Gasteiger partial charge in [0.1, 0.15) is 12.4 Å². The van der Waals surface area contributed by atoms with Gasteiger partial charge in [0.15, 0.2) is 5.78 Å². The number of rotatable bonds is 5. The van der Waals surface area contributed by atoms with Crippen LogP contribution in [0.5, 0.6) is 5.75 Å². The largest absolute Gasteiger partial charge is 0.488 e. The summed E-state index contributed by atoms with van der Waals surface area (Å²) < 4.78 is 6.58. The summed E-state index contributed by atoms with van der Waals surface area (Å²) in [6, 6.07) is 12.8. The van der Waals surface area contributed by atoms with E-state index in [1.165, 1.54) is 0 Å². The molecule has 0 amide bonds. The van der Waals surface area contributed by atoms with Gasteiger partial charge in [-0.05, 0) is 35.9 Å². The van der Waals surface area contributed by atoms with Gasteiger partial charge in [0, 0.05) is 9.50 Å². The van der Waals surface area contributed by atoms with Crippen LogP contribution in [0.2, 0.25) is 5.02 Å². The number of hydrogen-bond donors (Lipinski definition) is 0. The maximum absolute atomic E-state index is 11.9.